The normalized spacial score (nSPS) is 11.4. The molecule has 2 N–H and O–H groups in total. The van der Waals surface area contributed by atoms with Crippen molar-refractivity contribution < 1.29 is 14.6 Å². The van der Waals surface area contributed by atoms with Crippen LogP contribution in [0.5, 0.6) is 5.88 Å². The summed E-state index contributed by atoms with van der Waals surface area (Å²) in [5.41, 5.74) is 0.872. The standard InChI is InChI=1S/C15H26N2O3/c1-4-15(5-2,12-18)11-17-13-6-7-14(16-10-13)20-9-8-19-3/h6-7,10,17-18H,4-5,8-9,11-12H2,1-3H3. The predicted octanol–water partition coefficient (Wildman–Crippen LogP) is 2.32. The molecule has 0 aliphatic rings. The van der Waals surface area contributed by atoms with E-state index in [2.05, 4.69) is 24.1 Å². The van der Waals surface area contributed by atoms with Gasteiger partial charge >= 0.3 is 0 Å². The third-order valence-electron chi connectivity index (χ3n) is 3.78. The van der Waals surface area contributed by atoms with E-state index in [1.807, 2.05) is 12.1 Å². The van der Waals surface area contributed by atoms with Gasteiger partial charge in [-0.05, 0) is 18.9 Å². The first-order valence-corrected chi connectivity index (χ1v) is 7.12. The average Bonchev–Trinajstić information content (AvgIpc) is 2.51. The fourth-order valence-corrected chi connectivity index (χ4v) is 1.87. The highest BCUT2D eigenvalue weighted by atomic mass is 16.5. The summed E-state index contributed by atoms with van der Waals surface area (Å²) in [7, 11) is 1.64. The molecule has 0 saturated carbocycles. The molecule has 1 aromatic rings. The Morgan fingerprint density at radius 1 is 1.25 bits per heavy atom. The Bertz CT molecular complexity index is 356. The van der Waals surface area contributed by atoms with Crippen molar-refractivity contribution in [1.82, 2.24) is 4.98 Å². The van der Waals surface area contributed by atoms with Crippen molar-refractivity contribution in [2.45, 2.75) is 26.7 Å². The molecular formula is C15H26N2O3. The number of hydrogen-bond donors (Lipinski definition) is 2. The van der Waals surface area contributed by atoms with Gasteiger partial charge in [-0.1, -0.05) is 13.8 Å². The molecule has 5 nitrogen and oxygen atoms in total. The number of nitrogens with zero attached hydrogens (tertiary/aromatic N) is 1. The summed E-state index contributed by atoms with van der Waals surface area (Å²) in [4.78, 5) is 4.23. The zero-order valence-electron chi connectivity index (χ0n) is 12.7. The highest BCUT2D eigenvalue weighted by Gasteiger charge is 2.24. The van der Waals surface area contributed by atoms with Gasteiger partial charge in [0.05, 0.1) is 25.1 Å². The minimum atomic E-state index is -0.0619. The van der Waals surface area contributed by atoms with Crippen LogP contribution >= 0.6 is 0 Å². The van der Waals surface area contributed by atoms with Crippen LogP contribution in [0.25, 0.3) is 0 Å². The van der Waals surface area contributed by atoms with Gasteiger partial charge in [0.2, 0.25) is 5.88 Å². The molecule has 0 aliphatic heterocycles. The molecule has 0 radical (unpaired) electrons. The number of aromatic nitrogens is 1. The number of anilines is 1. The second-order valence-electron chi connectivity index (χ2n) is 4.95. The number of pyridine rings is 1. The van der Waals surface area contributed by atoms with Gasteiger partial charge in [-0.25, -0.2) is 4.98 Å². The number of ether oxygens (including phenoxy) is 2. The van der Waals surface area contributed by atoms with Crippen LogP contribution in [0.3, 0.4) is 0 Å². The fraction of sp³-hybridized carbons (Fsp3) is 0.667. The van der Waals surface area contributed by atoms with Crippen molar-refractivity contribution in [3.8, 4) is 5.88 Å². The van der Waals surface area contributed by atoms with Gasteiger partial charge in [-0.15, -0.1) is 0 Å². The quantitative estimate of drug-likeness (QED) is 0.645. The van der Waals surface area contributed by atoms with E-state index in [0.29, 0.717) is 19.1 Å². The maximum Gasteiger partial charge on any atom is 0.213 e. The molecule has 1 rings (SSSR count). The number of hydrogen-bond acceptors (Lipinski definition) is 5. The highest BCUT2D eigenvalue weighted by Crippen LogP contribution is 2.26. The highest BCUT2D eigenvalue weighted by molar-refractivity contribution is 5.42. The summed E-state index contributed by atoms with van der Waals surface area (Å²) >= 11 is 0. The van der Waals surface area contributed by atoms with Gasteiger partial charge in [0, 0.05) is 25.1 Å². The Morgan fingerprint density at radius 3 is 2.50 bits per heavy atom. The zero-order valence-corrected chi connectivity index (χ0v) is 12.7. The SMILES string of the molecule is CCC(CC)(CO)CNc1ccc(OCCOC)nc1. The van der Waals surface area contributed by atoms with Crippen molar-refractivity contribution >= 4 is 5.69 Å². The number of aliphatic hydroxyl groups excluding tert-OH is 1. The van der Waals surface area contributed by atoms with Crippen LogP contribution in [-0.2, 0) is 4.74 Å². The van der Waals surface area contributed by atoms with Crippen molar-refractivity contribution in [3.63, 3.8) is 0 Å². The molecule has 114 valence electrons. The first kappa shape index (κ1) is 16.7. The molecule has 0 aliphatic carbocycles. The second-order valence-corrected chi connectivity index (χ2v) is 4.95. The van der Waals surface area contributed by atoms with Crippen molar-refractivity contribution in [2.24, 2.45) is 5.41 Å². The van der Waals surface area contributed by atoms with E-state index in [-0.39, 0.29) is 12.0 Å². The molecule has 1 heterocycles. The number of nitrogens with one attached hydrogen (secondary N) is 1. The topological polar surface area (TPSA) is 63.6 Å². The van der Waals surface area contributed by atoms with E-state index < -0.39 is 0 Å². The maximum atomic E-state index is 9.53. The molecule has 0 bridgehead atoms. The molecule has 0 amide bonds. The van der Waals surface area contributed by atoms with E-state index in [4.69, 9.17) is 9.47 Å². The van der Waals surface area contributed by atoms with Crippen molar-refractivity contribution in [2.75, 3.05) is 38.8 Å². The lowest BCUT2D eigenvalue weighted by Gasteiger charge is -2.29. The third kappa shape index (κ3) is 4.98. The van der Waals surface area contributed by atoms with E-state index in [0.717, 1.165) is 25.1 Å². The van der Waals surface area contributed by atoms with Crippen LogP contribution < -0.4 is 10.1 Å². The summed E-state index contributed by atoms with van der Waals surface area (Å²) < 4.78 is 10.3. The Balaban J connectivity index is 2.48. The smallest absolute Gasteiger partial charge is 0.213 e. The number of methoxy groups -OCH3 is 1. The first-order chi connectivity index (χ1) is 9.69. The first-order valence-electron chi connectivity index (χ1n) is 7.12. The van der Waals surface area contributed by atoms with Crippen LogP contribution in [0.4, 0.5) is 5.69 Å². The van der Waals surface area contributed by atoms with Gasteiger partial charge in [-0.2, -0.15) is 0 Å². The monoisotopic (exact) mass is 282 g/mol. The van der Waals surface area contributed by atoms with Crippen LogP contribution in [-0.4, -0.2) is 43.6 Å². The summed E-state index contributed by atoms with van der Waals surface area (Å²) in [6, 6.07) is 3.76. The fourth-order valence-electron chi connectivity index (χ4n) is 1.87. The Labute approximate surface area is 121 Å². The Kier molecular flexibility index (Phi) is 7.33. The van der Waals surface area contributed by atoms with Gasteiger partial charge < -0.3 is 19.9 Å². The Hall–Kier alpha value is -1.33. The second kappa shape index (κ2) is 8.76. The van der Waals surface area contributed by atoms with Crippen LogP contribution in [0, 0.1) is 5.41 Å². The molecule has 1 aromatic heterocycles. The van der Waals surface area contributed by atoms with E-state index in [9.17, 15) is 5.11 Å². The minimum absolute atomic E-state index is 0.0619. The average molecular weight is 282 g/mol. The Morgan fingerprint density at radius 2 is 2.00 bits per heavy atom. The summed E-state index contributed by atoms with van der Waals surface area (Å²) in [6.07, 6.45) is 3.63. The lowest BCUT2D eigenvalue weighted by atomic mass is 9.83. The van der Waals surface area contributed by atoms with Gasteiger partial charge in [0.25, 0.3) is 0 Å². The predicted molar refractivity (Wildman–Crippen MR) is 80.2 cm³/mol. The molecule has 0 saturated heterocycles. The van der Waals surface area contributed by atoms with Crippen molar-refractivity contribution in [1.29, 1.82) is 0 Å². The lowest BCUT2D eigenvalue weighted by Crippen LogP contribution is -2.32. The summed E-state index contributed by atoms with van der Waals surface area (Å²) in [5, 5.41) is 12.9. The largest absolute Gasteiger partial charge is 0.475 e. The zero-order chi connectivity index (χ0) is 14.8. The van der Waals surface area contributed by atoms with Gasteiger partial charge in [0.15, 0.2) is 0 Å². The molecule has 0 atom stereocenters. The van der Waals surface area contributed by atoms with Gasteiger partial charge in [0.1, 0.15) is 6.61 Å². The van der Waals surface area contributed by atoms with Gasteiger partial charge in [-0.3, -0.25) is 0 Å². The molecule has 20 heavy (non-hydrogen) atoms. The number of rotatable bonds is 10. The molecule has 0 fully saturated rings. The molecule has 5 heteroatoms. The number of aliphatic hydroxyl groups is 1. The molecule has 0 spiro atoms. The molecule has 0 unspecified atom stereocenters. The molecule has 0 aromatic carbocycles. The third-order valence-corrected chi connectivity index (χ3v) is 3.78. The van der Waals surface area contributed by atoms with E-state index in [1.165, 1.54) is 0 Å². The van der Waals surface area contributed by atoms with Crippen molar-refractivity contribution in [3.05, 3.63) is 18.3 Å². The lowest BCUT2D eigenvalue weighted by molar-refractivity contribution is 0.127. The van der Waals surface area contributed by atoms with Crippen LogP contribution in [0.1, 0.15) is 26.7 Å². The van der Waals surface area contributed by atoms with Crippen LogP contribution in [0.15, 0.2) is 18.3 Å². The summed E-state index contributed by atoms with van der Waals surface area (Å²) in [5.74, 6) is 0.590. The van der Waals surface area contributed by atoms with E-state index >= 15 is 0 Å². The maximum absolute atomic E-state index is 9.53. The minimum Gasteiger partial charge on any atom is -0.475 e. The van der Waals surface area contributed by atoms with Crippen LogP contribution in [0.2, 0.25) is 0 Å². The summed E-state index contributed by atoms with van der Waals surface area (Å²) in [6.45, 7) is 6.18. The van der Waals surface area contributed by atoms with E-state index in [1.54, 1.807) is 13.3 Å². The molecular weight excluding hydrogens is 256 g/mol.